The Hall–Kier alpha value is -1.50. The molecule has 0 aliphatic heterocycles. The number of hydrogen-bond donors (Lipinski definition) is 0. The molecule has 0 heterocycles. The van der Waals surface area contributed by atoms with Crippen LogP contribution in [0.3, 0.4) is 0 Å². The second kappa shape index (κ2) is 3.09. The van der Waals surface area contributed by atoms with Crippen LogP contribution < -0.4 is 4.74 Å². The van der Waals surface area contributed by atoms with Gasteiger partial charge in [0.2, 0.25) is 0 Å². The Balaban J connectivity index is 2.72. The van der Waals surface area contributed by atoms with E-state index in [4.69, 9.17) is 4.74 Å². The van der Waals surface area contributed by atoms with Gasteiger partial charge in [-0.3, -0.25) is 0 Å². The number of hydrogen-bond acceptors (Lipinski definition) is 1. The lowest BCUT2D eigenvalue weighted by molar-refractivity contribution is 0.415. The Morgan fingerprint density at radius 2 is 2.00 bits per heavy atom. The molecule has 1 nitrogen and oxygen atoms in total. The second-order valence-electron chi connectivity index (χ2n) is 3.00. The highest BCUT2D eigenvalue weighted by Gasteiger charge is 1.97. The summed E-state index contributed by atoms with van der Waals surface area (Å²) in [6.07, 6.45) is 0. The summed E-state index contributed by atoms with van der Waals surface area (Å²) in [5, 5.41) is 2.36. The molecule has 0 N–H and O–H groups in total. The van der Waals surface area contributed by atoms with Gasteiger partial charge in [0.1, 0.15) is 5.75 Å². The third-order valence-electron chi connectivity index (χ3n) is 2.18. The summed E-state index contributed by atoms with van der Waals surface area (Å²) in [7, 11) is 1.68. The lowest BCUT2D eigenvalue weighted by atomic mass is 10.1. The van der Waals surface area contributed by atoms with Crippen LogP contribution in [0.1, 0.15) is 5.56 Å². The van der Waals surface area contributed by atoms with E-state index in [0.29, 0.717) is 0 Å². The van der Waals surface area contributed by atoms with E-state index in [-0.39, 0.29) is 0 Å². The van der Waals surface area contributed by atoms with Gasteiger partial charge in [-0.2, -0.15) is 0 Å². The number of fused-ring (bicyclic) bond motifs is 1. The first-order valence-corrected chi connectivity index (χ1v) is 4.20. The van der Waals surface area contributed by atoms with Crippen molar-refractivity contribution in [1.29, 1.82) is 0 Å². The highest BCUT2D eigenvalue weighted by molar-refractivity contribution is 5.87. The highest BCUT2D eigenvalue weighted by Crippen LogP contribution is 2.22. The van der Waals surface area contributed by atoms with Crippen LogP contribution in [0.2, 0.25) is 0 Å². The maximum absolute atomic E-state index is 5.14. The van der Waals surface area contributed by atoms with E-state index < -0.39 is 0 Å². The maximum atomic E-state index is 5.14. The van der Waals surface area contributed by atoms with Gasteiger partial charge >= 0.3 is 0 Å². The zero-order chi connectivity index (χ0) is 9.26. The molecule has 0 saturated heterocycles. The molecular weight excluding hydrogens is 160 g/mol. The summed E-state index contributed by atoms with van der Waals surface area (Å²) in [5.41, 5.74) is 1.06. The summed E-state index contributed by atoms with van der Waals surface area (Å²) in [6.45, 7) is 3.96. The van der Waals surface area contributed by atoms with Gasteiger partial charge in [0.15, 0.2) is 0 Å². The van der Waals surface area contributed by atoms with Gasteiger partial charge in [-0.05, 0) is 35.4 Å². The topological polar surface area (TPSA) is 9.23 Å². The summed E-state index contributed by atoms with van der Waals surface area (Å²) in [6, 6.07) is 12.1. The highest BCUT2D eigenvalue weighted by atomic mass is 16.5. The van der Waals surface area contributed by atoms with Gasteiger partial charge < -0.3 is 4.74 Å². The molecule has 0 aliphatic rings. The van der Waals surface area contributed by atoms with E-state index in [1.54, 1.807) is 7.11 Å². The van der Waals surface area contributed by atoms with Crippen LogP contribution in [0.4, 0.5) is 0 Å². The number of ether oxygens (including phenoxy) is 1. The minimum atomic E-state index is 0.887. The van der Waals surface area contributed by atoms with Crippen molar-refractivity contribution in [3.63, 3.8) is 0 Å². The Morgan fingerprint density at radius 3 is 2.77 bits per heavy atom. The zero-order valence-corrected chi connectivity index (χ0v) is 7.58. The standard InChI is InChI=1S/C12H11O/c1-9-4-3-5-10-8-11(13-2)6-7-12(9)10/h3-8H,1H2,2H3. The molecule has 0 saturated carbocycles. The molecule has 0 atom stereocenters. The molecule has 1 radical (unpaired) electrons. The summed E-state index contributed by atoms with van der Waals surface area (Å²) < 4.78 is 5.14. The molecule has 1 heteroatoms. The van der Waals surface area contributed by atoms with Gasteiger partial charge in [0, 0.05) is 0 Å². The largest absolute Gasteiger partial charge is 0.497 e. The van der Waals surface area contributed by atoms with E-state index in [1.807, 2.05) is 30.3 Å². The van der Waals surface area contributed by atoms with E-state index in [0.717, 1.165) is 11.3 Å². The predicted octanol–water partition coefficient (Wildman–Crippen LogP) is 3.03. The Kier molecular flexibility index (Phi) is 1.93. The quantitative estimate of drug-likeness (QED) is 0.640. The molecule has 0 aliphatic carbocycles. The predicted molar refractivity (Wildman–Crippen MR) is 55.0 cm³/mol. The molecule has 0 unspecified atom stereocenters. The lowest BCUT2D eigenvalue weighted by Gasteiger charge is -2.03. The molecule has 0 amide bonds. The molecule has 0 spiro atoms. The SMILES string of the molecule is [CH2]c1cccc2cc(OC)ccc12. The molecule has 0 bridgehead atoms. The van der Waals surface area contributed by atoms with Crippen molar-refractivity contribution < 1.29 is 4.74 Å². The fraction of sp³-hybridized carbons (Fsp3) is 0.0833. The summed E-state index contributed by atoms with van der Waals surface area (Å²) >= 11 is 0. The monoisotopic (exact) mass is 171 g/mol. The lowest BCUT2D eigenvalue weighted by Crippen LogP contribution is -1.83. The van der Waals surface area contributed by atoms with Crippen molar-refractivity contribution >= 4 is 10.8 Å². The molecule has 65 valence electrons. The molecular formula is C12H11O. The molecule has 13 heavy (non-hydrogen) atoms. The minimum absolute atomic E-state index is 0.887. The second-order valence-corrected chi connectivity index (χ2v) is 3.00. The fourth-order valence-electron chi connectivity index (χ4n) is 1.46. The summed E-state index contributed by atoms with van der Waals surface area (Å²) in [5.74, 6) is 0.887. The average Bonchev–Trinajstić information content (AvgIpc) is 2.18. The zero-order valence-electron chi connectivity index (χ0n) is 7.58. The normalized spacial score (nSPS) is 10.3. The van der Waals surface area contributed by atoms with Gasteiger partial charge in [0.05, 0.1) is 7.11 Å². The molecule has 2 aromatic carbocycles. The smallest absolute Gasteiger partial charge is 0.119 e. The Labute approximate surface area is 78.0 Å². The van der Waals surface area contributed by atoms with Gasteiger partial charge in [-0.1, -0.05) is 24.3 Å². The van der Waals surface area contributed by atoms with E-state index >= 15 is 0 Å². The molecule has 2 rings (SSSR count). The average molecular weight is 171 g/mol. The summed E-state index contributed by atoms with van der Waals surface area (Å²) in [4.78, 5) is 0. The third-order valence-corrected chi connectivity index (χ3v) is 2.18. The van der Waals surface area contributed by atoms with Crippen molar-refractivity contribution in [2.24, 2.45) is 0 Å². The molecule has 0 fully saturated rings. The van der Waals surface area contributed by atoms with Gasteiger partial charge in [0.25, 0.3) is 0 Å². The maximum Gasteiger partial charge on any atom is 0.119 e. The first kappa shape index (κ1) is 8.11. The van der Waals surface area contributed by atoms with Crippen LogP contribution in [0.25, 0.3) is 10.8 Å². The Morgan fingerprint density at radius 1 is 1.15 bits per heavy atom. The van der Waals surface area contributed by atoms with E-state index in [2.05, 4.69) is 13.0 Å². The van der Waals surface area contributed by atoms with Gasteiger partial charge in [-0.15, -0.1) is 0 Å². The van der Waals surface area contributed by atoms with Crippen LogP contribution in [0, 0.1) is 6.92 Å². The van der Waals surface area contributed by atoms with Crippen molar-refractivity contribution in [3.8, 4) is 5.75 Å². The van der Waals surface area contributed by atoms with Crippen LogP contribution in [0.15, 0.2) is 36.4 Å². The molecule has 2 aromatic rings. The number of rotatable bonds is 1. The van der Waals surface area contributed by atoms with Crippen molar-refractivity contribution in [3.05, 3.63) is 48.9 Å². The first-order valence-electron chi connectivity index (χ1n) is 4.20. The Bertz CT molecular complexity index is 432. The first-order chi connectivity index (χ1) is 6.31. The van der Waals surface area contributed by atoms with Gasteiger partial charge in [-0.25, -0.2) is 0 Å². The van der Waals surface area contributed by atoms with E-state index in [9.17, 15) is 0 Å². The molecule has 0 aromatic heterocycles. The fourth-order valence-corrected chi connectivity index (χ4v) is 1.46. The van der Waals surface area contributed by atoms with Crippen LogP contribution in [0.5, 0.6) is 5.75 Å². The van der Waals surface area contributed by atoms with Crippen LogP contribution in [-0.2, 0) is 0 Å². The number of benzene rings is 2. The van der Waals surface area contributed by atoms with Crippen molar-refractivity contribution in [2.75, 3.05) is 7.11 Å². The van der Waals surface area contributed by atoms with Crippen molar-refractivity contribution in [1.82, 2.24) is 0 Å². The minimum Gasteiger partial charge on any atom is -0.497 e. The number of methoxy groups -OCH3 is 1. The third kappa shape index (κ3) is 1.37. The van der Waals surface area contributed by atoms with Crippen molar-refractivity contribution in [2.45, 2.75) is 0 Å². The van der Waals surface area contributed by atoms with E-state index in [1.165, 1.54) is 10.8 Å². The van der Waals surface area contributed by atoms with Crippen LogP contribution in [-0.4, -0.2) is 7.11 Å². The van der Waals surface area contributed by atoms with Crippen LogP contribution >= 0.6 is 0 Å².